The van der Waals surface area contributed by atoms with Crippen molar-refractivity contribution in [3.8, 4) is 22.6 Å². The molecule has 0 bridgehead atoms. The quantitative estimate of drug-likeness (QED) is 0.0776. The zero-order valence-electron chi connectivity index (χ0n) is 34.6. The van der Waals surface area contributed by atoms with Crippen LogP contribution in [0.2, 0.25) is 5.02 Å². The number of halogens is 1. The van der Waals surface area contributed by atoms with E-state index in [0.717, 1.165) is 40.5 Å². The Morgan fingerprint density at radius 2 is 1.50 bits per heavy atom. The van der Waals surface area contributed by atoms with Gasteiger partial charge in [-0.05, 0) is 86.3 Å². The van der Waals surface area contributed by atoms with Gasteiger partial charge in [0.2, 0.25) is 5.91 Å². The van der Waals surface area contributed by atoms with E-state index in [-0.39, 0.29) is 24.4 Å². The summed E-state index contributed by atoms with van der Waals surface area (Å²) in [7, 11) is -4.71. The highest BCUT2D eigenvalue weighted by Crippen LogP contribution is 2.29. The predicted octanol–water partition coefficient (Wildman–Crippen LogP) is 7.83. The van der Waals surface area contributed by atoms with Gasteiger partial charge in [-0.1, -0.05) is 96.0 Å². The lowest BCUT2D eigenvalue weighted by Crippen LogP contribution is -2.55. The Kier molecular flexibility index (Phi) is 14.2. The summed E-state index contributed by atoms with van der Waals surface area (Å²) < 4.78 is 46.7. The molecule has 0 aromatic heterocycles. The number of hydrogen-bond acceptors (Lipinski definition) is 10. The minimum Gasteiger partial charge on any atom is -0.493 e. The maximum Gasteiger partial charge on any atom is 0.411 e. The van der Waals surface area contributed by atoms with Gasteiger partial charge >= 0.3 is 6.09 Å². The number of nitrogens with one attached hydrogen (secondary N) is 2. The summed E-state index contributed by atoms with van der Waals surface area (Å²) in [6.07, 6.45) is -0.943. The molecule has 1 fully saturated rings. The second-order valence-corrected chi connectivity index (χ2v) is 17.9. The highest BCUT2D eigenvalue weighted by atomic mass is 35.5. The molecular formula is C46H47ClN4O10S. The van der Waals surface area contributed by atoms with E-state index < -0.39 is 67.2 Å². The van der Waals surface area contributed by atoms with Crippen molar-refractivity contribution in [2.45, 2.75) is 75.6 Å². The van der Waals surface area contributed by atoms with Crippen LogP contribution in [0.5, 0.6) is 11.5 Å². The Hall–Kier alpha value is -6.45. The van der Waals surface area contributed by atoms with Crippen LogP contribution in [0.3, 0.4) is 0 Å². The van der Waals surface area contributed by atoms with Gasteiger partial charge in [-0.15, -0.1) is 0 Å². The number of benzene rings is 5. The van der Waals surface area contributed by atoms with Crippen LogP contribution in [-0.2, 0) is 37.2 Å². The van der Waals surface area contributed by atoms with Gasteiger partial charge in [0.15, 0.2) is 0 Å². The second-order valence-electron chi connectivity index (χ2n) is 15.8. The van der Waals surface area contributed by atoms with Crippen LogP contribution in [-0.4, -0.2) is 73.1 Å². The van der Waals surface area contributed by atoms with Crippen LogP contribution in [0.4, 0.5) is 10.5 Å². The van der Waals surface area contributed by atoms with Crippen molar-refractivity contribution >= 4 is 45.2 Å². The van der Waals surface area contributed by atoms with E-state index in [0.29, 0.717) is 30.1 Å². The molecule has 62 heavy (non-hydrogen) atoms. The third kappa shape index (κ3) is 12.1. The number of carbonyl (C=O) groups is 3. The third-order valence-corrected chi connectivity index (χ3v) is 11.6. The van der Waals surface area contributed by atoms with E-state index in [4.69, 9.17) is 25.8 Å². The highest BCUT2D eigenvalue weighted by Gasteiger charge is 2.44. The molecular weight excluding hydrogens is 836 g/mol. The number of nitrogens with zero attached hydrogens (tertiary/aromatic N) is 2. The smallest absolute Gasteiger partial charge is 0.411 e. The molecule has 1 aliphatic heterocycles. The molecule has 16 heteroatoms. The van der Waals surface area contributed by atoms with Gasteiger partial charge in [0, 0.05) is 25.3 Å². The van der Waals surface area contributed by atoms with Crippen molar-refractivity contribution in [3.05, 3.63) is 153 Å². The number of rotatable bonds is 15. The summed E-state index contributed by atoms with van der Waals surface area (Å²) in [5.74, 6) is -0.843. The minimum atomic E-state index is -4.71. The molecule has 0 aliphatic carbocycles. The molecule has 5 aromatic carbocycles. The molecule has 1 aliphatic rings. The monoisotopic (exact) mass is 882 g/mol. The van der Waals surface area contributed by atoms with Crippen LogP contribution in [0.15, 0.2) is 126 Å². The number of carbonyl (C=O) groups excluding carboxylic acids is 3. The average molecular weight is 883 g/mol. The van der Waals surface area contributed by atoms with Crippen LogP contribution in [0, 0.1) is 17.0 Å². The number of likely N-dealkylation sites (tertiary alicyclic amines) is 1. The first-order chi connectivity index (χ1) is 29.4. The third-order valence-electron chi connectivity index (χ3n) is 9.89. The fourth-order valence-electron chi connectivity index (χ4n) is 6.75. The van der Waals surface area contributed by atoms with Crippen molar-refractivity contribution in [2.24, 2.45) is 0 Å². The summed E-state index contributed by atoms with van der Waals surface area (Å²) in [4.78, 5) is 53.1. The van der Waals surface area contributed by atoms with Crippen molar-refractivity contribution < 1.29 is 41.9 Å². The Bertz CT molecular complexity index is 2500. The van der Waals surface area contributed by atoms with Gasteiger partial charge in [0.05, 0.1) is 23.0 Å². The topological polar surface area (TPSA) is 183 Å². The summed E-state index contributed by atoms with van der Waals surface area (Å²) in [5, 5.41) is 13.9. The molecule has 3 atom stereocenters. The summed E-state index contributed by atoms with van der Waals surface area (Å²) in [6.45, 7) is 7.46. The number of amides is 3. The first-order valence-electron chi connectivity index (χ1n) is 19.8. The summed E-state index contributed by atoms with van der Waals surface area (Å²) in [6, 6.07) is 32.1. The molecule has 1 saturated heterocycles. The molecule has 324 valence electrons. The molecule has 5 aromatic rings. The second kappa shape index (κ2) is 19.5. The maximum atomic E-state index is 14.3. The minimum absolute atomic E-state index is 0.0148. The number of ether oxygens (including phenoxy) is 3. The van der Waals surface area contributed by atoms with Gasteiger partial charge in [0.1, 0.15) is 40.3 Å². The first kappa shape index (κ1) is 45.1. The van der Waals surface area contributed by atoms with E-state index in [9.17, 15) is 32.9 Å². The Balaban J connectivity index is 1.22. The molecule has 3 amide bonds. The van der Waals surface area contributed by atoms with Crippen LogP contribution in [0.25, 0.3) is 11.1 Å². The lowest BCUT2D eigenvalue weighted by molar-refractivity contribution is -0.384. The zero-order chi connectivity index (χ0) is 44.6. The molecule has 14 nitrogen and oxygen atoms in total. The van der Waals surface area contributed by atoms with Crippen molar-refractivity contribution in [2.75, 3.05) is 13.2 Å². The molecule has 2 N–H and O–H groups in total. The predicted molar refractivity (Wildman–Crippen MR) is 234 cm³/mol. The number of nitro benzene ring substituents is 1. The Morgan fingerprint density at radius 3 is 2.13 bits per heavy atom. The lowest BCUT2D eigenvalue weighted by atomic mass is 10.0. The van der Waals surface area contributed by atoms with Gasteiger partial charge < -0.3 is 19.5 Å². The van der Waals surface area contributed by atoms with Gasteiger partial charge in [0.25, 0.3) is 21.6 Å². The zero-order valence-corrected chi connectivity index (χ0v) is 36.2. The van der Waals surface area contributed by atoms with Crippen LogP contribution >= 0.6 is 11.6 Å². The highest BCUT2D eigenvalue weighted by molar-refractivity contribution is 7.90. The van der Waals surface area contributed by atoms with Gasteiger partial charge in [-0.25, -0.2) is 17.9 Å². The first-order valence-corrected chi connectivity index (χ1v) is 21.7. The summed E-state index contributed by atoms with van der Waals surface area (Å²) in [5.41, 5.74) is 3.19. The van der Waals surface area contributed by atoms with Gasteiger partial charge in [-0.2, -0.15) is 0 Å². The molecule has 0 unspecified atom stereocenters. The van der Waals surface area contributed by atoms with Crippen molar-refractivity contribution in [1.29, 1.82) is 0 Å². The standard InChI is InChI=1S/C46H47ClN4O10S/c1-30-10-14-33(15-11-30)34-16-20-36(21-17-34)60-37-27-42(50(29-37)45(54)61-46(2,3)4)44(53)48-40(43(52)49-62(57,58)38-22-23-39(47)41(28-38)51(55)56)26-32-12-18-35(19-13-32)59-25-24-31-8-6-5-7-9-31/h5-23,28,37,40,42H,24-27,29H2,1-4H3,(H,48,53)(H,49,52)/t37-,40-,42-/m0/s1. The largest absolute Gasteiger partial charge is 0.493 e. The average Bonchev–Trinajstić information content (AvgIpc) is 3.65. The molecule has 6 rings (SSSR count). The number of aryl methyl sites for hydroxylation is 1. The van der Waals surface area contributed by atoms with Gasteiger partial charge in [-0.3, -0.25) is 24.6 Å². The summed E-state index contributed by atoms with van der Waals surface area (Å²) >= 11 is 5.91. The number of hydrogen-bond donors (Lipinski definition) is 2. The molecule has 0 saturated carbocycles. The molecule has 0 radical (unpaired) electrons. The van der Waals surface area contributed by atoms with E-state index in [1.807, 2.05) is 78.4 Å². The van der Waals surface area contributed by atoms with Crippen molar-refractivity contribution in [3.63, 3.8) is 0 Å². The lowest BCUT2D eigenvalue weighted by Gasteiger charge is -2.28. The normalized spacial score (nSPS) is 15.6. The Labute approximate surface area is 365 Å². The van der Waals surface area contributed by atoms with E-state index in [1.165, 1.54) is 4.90 Å². The fraction of sp³-hybridized carbons (Fsp3) is 0.283. The number of sulfonamides is 1. The van der Waals surface area contributed by atoms with Crippen molar-refractivity contribution in [1.82, 2.24) is 14.9 Å². The van der Waals surface area contributed by atoms with E-state index in [2.05, 4.69) is 5.32 Å². The fourth-order valence-corrected chi connectivity index (χ4v) is 7.97. The van der Waals surface area contributed by atoms with E-state index >= 15 is 0 Å². The molecule has 0 spiro atoms. The van der Waals surface area contributed by atoms with Crippen LogP contribution in [0.1, 0.15) is 43.9 Å². The van der Waals surface area contributed by atoms with Crippen LogP contribution < -0.4 is 19.5 Å². The molecule has 1 heterocycles. The number of nitro groups is 1. The Morgan fingerprint density at radius 1 is 0.871 bits per heavy atom. The SMILES string of the molecule is Cc1ccc(-c2ccc(O[C@H]3C[C@@H](C(=O)N[C@@H](Cc4ccc(OCCc5ccccc5)cc4)C(=O)NS(=O)(=O)c4ccc(Cl)c([N+](=O)[O-])c4)N(C(=O)OC(C)(C)C)C3)cc2)cc1. The maximum absolute atomic E-state index is 14.3. The van der Waals surface area contributed by atoms with E-state index in [1.54, 1.807) is 57.2 Å².